The number of carbonyl (C=O) groups is 1. The van der Waals surface area contributed by atoms with Crippen LogP contribution in [0.4, 0.5) is 4.39 Å². The van der Waals surface area contributed by atoms with Gasteiger partial charge in [-0.2, -0.15) is 0 Å². The lowest BCUT2D eigenvalue weighted by Gasteiger charge is -2.38. The van der Waals surface area contributed by atoms with Crippen molar-refractivity contribution in [2.75, 3.05) is 39.4 Å². The van der Waals surface area contributed by atoms with Gasteiger partial charge in [0.2, 0.25) is 5.91 Å². The number of halogens is 1. The summed E-state index contributed by atoms with van der Waals surface area (Å²) in [6.07, 6.45) is 3.11. The molecule has 0 aromatic heterocycles. The first-order chi connectivity index (χ1) is 12.1. The van der Waals surface area contributed by atoms with Crippen molar-refractivity contribution >= 4 is 5.91 Å². The maximum atomic E-state index is 14.0. The van der Waals surface area contributed by atoms with Crippen molar-refractivity contribution in [3.8, 4) is 0 Å². The maximum Gasteiger partial charge on any atom is 0.226 e. The number of hydrogen-bond donors (Lipinski definition) is 0. The molecule has 0 bridgehead atoms. The van der Waals surface area contributed by atoms with E-state index in [1.165, 1.54) is 6.07 Å². The van der Waals surface area contributed by atoms with Crippen LogP contribution in [0.2, 0.25) is 0 Å². The number of carbonyl (C=O) groups excluding carboxylic acids is 1. The van der Waals surface area contributed by atoms with Crippen molar-refractivity contribution in [2.24, 2.45) is 11.3 Å². The molecule has 2 saturated heterocycles. The Balaban J connectivity index is 1.33. The summed E-state index contributed by atoms with van der Waals surface area (Å²) in [7, 11) is 0. The van der Waals surface area contributed by atoms with Gasteiger partial charge in [-0.05, 0) is 37.7 Å². The van der Waals surface area contributed by atoms with Crippen molar-refractivity contribution < 1.29 is 13.9 Å². The van der Waals surface area contributed by atoms with E-state index in [9.17, 15) is 9.18 Å². The lowest BCUT2D eigenvalue weighted by Crippen LogP contribution is -2.50. The van der Waals surface area contributed by atoms with Crippen LogP contribution >= 0.6 is 0 Å². The van der Waals surface area contributed by atoms with Crippen LogP contribution in [0.15, 0.2) is 24.3 Å². The molecule has 5 heteroatoms. The Labute approximate surface area is 148 Å². The number of benzene rings is 1. The zero-order valence-corrected chi connectivity index (χ0v) is 14.9. The van der Waals surface area contributed by atoms with E-state index in [0.29, 0.717) is 5.91 Å². The third-order valence-electron chi connectivity index (χ3n) is 6.51. The first-order valence-corrected chi connectivity index (χ1v) is 9.46. The highest BCUT2D eigenvalue weighted by Gasteiger charge is 2.59. The average molecular weight is 346 g/mol. The molecule has 3 aliphatic rings. The topological polar surface area (TPSA) is 32.8 Å². The van der Waals surface area contributed by atoms with Crippen molar-refractivity contribution in [1.29, 1.82) is 0 Å². The molecule has 2 heterocycles. The van der Waals surface area contributed by atoms with Gasteiger partial charge < -0.3 is 9.64 Å². The minimum atomic E-state index is -0.145. The molecule has 1 aliphatic carbocycles. The molecule has 0 unspecified atom stereocenters. The lowest BCUT2D eigenvalue weighted by atomic mass is 9.93. The molecular weight excluding hydrogens is 319 g/mol. The summed E-state index contributed by atoms with van der Waals surface area (Å²) in [5.41, 5.74) is 0.984. The van der Waals surface area contributed by atoms with E-state index < -0.39 is 0 Å². The van der Waals surface area contributed by atoms with Crippen LogP contribution in [0.3, 0.4) is 0 Å². The van der Waals surface area contributed by atoms with Gasteiger partial charge in [-0.1, -0.05) is 18.2 Å². The van der Waals surface area contributed by atoms with Crippen LogP contribution in [-0.4, -0.2) is 55.1 Å². The first-order valence-electron chi connectivity index (χ1n) is 9.46. The Hall–Kier alpha value is -1.46. The summed E-state index contributed by atoms with van der Waals surface area (Å²) in [5.74, 6) is 0.403. The standard InChI is InChI=1S/C20H27FN2O2/c1-15(16-4-2-3-5-18(16)21)22-8-10-23(11-9-22)19(24)17-14-20(17)6-12-25-13-7-20/h2-5,15,17H,6-14H2,1H3/t15-,17-/m0/s1. The van der Waals surface area contributed by atoms with Gasteiger partial charge in [0.25, 0.3) is 0 Å². The fourth-order valence-corrected chi connectivity index (χ4v) is 4.59. The third-order valence-corrected chi connectivity index (χ3v) is 6.51. The van der Waals surface area contributed by atoms with Crippen molar-refractivity contribution in [1.82, 2.24) is 9.80 Å². The average Bonchev–Trinajstić information content (AvgIpc) is 3.34. The molecule has 1 aromatic rings. The smallest absolute Gasteiger partial charge is 0.226 e. The monoisotopic (exact) mass is 346 g/mol. The molecule has 4 rings (SSSR count). The summed E-state index contributed by atoms with van der Waals surface area (Å²) in [5, 5.41) is 0. The first kappa shape index (κ1) is 17.0. The fourth-order valence-electron chi connectivity index (χ4n) is 4.59. The highest BCUT2D eigenvalue weighted by molar-refractivity contribution is 5.82. The highest BCUT2D eigenvalue weighted by Crippen LogP contribution is 2.59. The Bertz CT molecular complexity index is 636. The highest BCUT2D eigenvalue weighted by atomic mass is 19.1. The number of nitrogens with zero attached hydrogens (tertiary/aromatic N) is 2. The Morgan fingerprint density at radius 3 is 2.56 bits per heavy atom. The molecule has 136 valence electrons. The minimum absolute atomic E-state index is 0.0428. The van der Waals surface area contributed by atoms with Gasteiger partial charge >= 0.3 is 0 Å². The second-order valence-corrected chi connectivity index (χ2v) is 7.79. The minimum Gasteiger partial charge on any atom is -0.381 e. The van der Waals surface area contributed by atoms with Gasteiger partial charge in [0.15, 0.2) is 0 Å². The SMILES string of the molecule is C[C@@H](c1ccccc1F)N1CCN(C(=O)[C@@H]2CC23CCOCC3)CC1. The molecule has 3 fully saturated rings. The zero-order valence-electron chi connectivity index (χ0n) is 14.9. The van der Waals surface area contributed by atoms with E-state index in [4.69, 9.17) is 4.74 Å². The molecule has 1 saturated carbocycles. The molecule has 25 heavy (non-hydrogen) atoms. The number of piperazine rings is 1. The fraction of sp³-hybridized carbons (Fsp3) is 0.650. The van der Waals surface area contributed by atoms with Crippen LogP contribution in [0.1, 0.15) is 37.8 Å². The molecule has 1 amide bonds. The van der Waals surface area contributed by atoms with Crippen LogP contribution in [0, 0.1) is 17.2 Å². The summed E-state index contributed by atoms with van der Waals surface area (Å²) in [6.45, 7) is 6.78. The molecule has 4 nitrogen and oxygen atoms in total. The molecule has 0 N–H and O–H groups in total. The molecular formula is C20H27FN2O2. The molecule has 2 aliphatic heterocycles. The third kappa shape index (κ3) is 3.20. The maximum absolute atomic E-state index is 14.0. The lowest BCUT2D eigenvalue weighted by molar-refractivity contribution is -0.136. The second kappa shape index (κ2) is 6.69. The summed E-state index contributed by atoms with van der Waals surface area (Å²) in [4.78, 5) is 17.1. The van der Waals surface area contributed by atoms with Gasteiger partial charge in [-0.25, -0.2) is 4.39 Å². The van der Waals surface area contributed by atoms with Crippen molar-refractivity contribution in [2.45, 2.75) is 32.2 Å². The van der Waals surface area contributed by atoms with E-state index in [2.05, 4.69) is 4.90 Å². The Morgan fingerprint density at radius 1 is 1.20 bits per heavy atom. The molecule has 0 radical (unpaired) electrons. The Morgan fingerprint density at radius 2 is 1.88 bits per heavy atom. The number of hydrogen-bond acceptors (Lipinski definition) is 3. The van der Waals surface area contributed by atoms with Gasteiger partial charge in [-0.3, -0.25) is 9.69 Å². The summed E-state index contributed by atoms with van der Waals surface area (Å²) < 4.78 is 19.5. The second-order valence-electron chi connectivity index (χ2n) is 7.79. The molecule has 1 spiro atoms. The Kier molecular flexibility index (Phi) is 4.54. The van der Waals surface area contributed by atoms with Crippen LogP contribution in [0.5, 0.6) is 0 Å². The quantitative estimate of drug-likeness (QED) is 0.844. The van der Waals surface area contributed by atoms with Gasteiger partial charge in [0, 0.05) is 56.9 Å². The van der Waals surface area contributed by atoms with Crippen LogP contribution in [0.25, 0.3) is 0 Å². The van der Waals surface area contributed by atoms with Crippen molar-refractivity contribution in [3.05, 3.63) is 35.6 Å². The molecule has 2 atom stereocenters. The summed E-state index contributed by atoms with van der Waals surface area (Å²) in [6, 6.07) is 7.03. The number of rotatable bonds is 3. The summed E-state index contributed by atoms with van der Waals surface area (Å²) >= 11 is 0. The zero-order chi connectivity index (χ0) is 17.4. The van der Waals surface area contributed by atoms with E-state index in [1.54, 1.807) is 6.07 Å². The normalized spacial score (nSPS) is 27.3. The van der Waals surface area contributed by atoms with E-state index in [0.717, 1.165) is 64.2 Å². The van der Waals surface area contributed by atoms with E-state index >= 15 is 0 Å². The van der Waals surface area contributed by atoms with Gasteiger partial charge in [-0.15, -0.1) is 0 Å². The van der Waals surface area contributed by atoms with Crippen molar-refractivity contribution in [3.63, 3.8) is 0 Å². The van der Waals surface area contributed by atoms with Gasteiger partial charge in [0.05, 0.1) is 0 Å². The van der Waals surface area contributed by atoms with E-state index in [1.807, 2.05) is 24.0 Å². The van der Waals surface area contributed by atoms with E-state index in [-0.39, 0.29) is 23.2 Å². The molecule has 1 aromatic carbocycles. The predicted octanol–water partition coefficient (Wildman–Crippen LogP) is 2.85. The van der Waals surface area contributed by atoms with Crippen LogP contribution < -0.4 is 0 Å². The predicted molar refractivity (Wildman–Crippen MR) is 93.6 cm³/mol. The van der Waals surface area contributed by atoms with Gasteiger partial charge in [0.1, 0.15) is 5.82 Å². The number of ether oxygens (including phenoxy) is 1. The van der Waals surface area contributed by atoms with Crippen LogP contribution in [-0.2, 0) is 9.53 Å². The number of amides is 1. The largest absolute Gasteiger partial charge is 0.381 e.